The number of hydrogen-bond acceptors (Lipinski definition) is 5. The molecule has 3 aromatic rings. The Bertz CT molecular complexity index is 793. The highest BCUT2D eigenvalue weighted by atomic mass is 19.1. The molecule has 7 heteroatoms. The van der Waals surface area contributed by atoms with Crippen LogP contribution in [0.25, 0.3) is 11.0 Å². The standard InChI is InChI=1S/C15H15FN6/c16-13-9-11(1-3-17-13)21-5-7-22(8-6-21)15-12-2-4-18-14(12)19-10-20-15/h1-4,9-10H,5-8H2,(H,18,19,20). The van der Waals surface area contributed by atoms with Gasteiger partial charge in [0.05, 0.1) is 5.39 Å². The number of halogens is 1. The van der Waals surface area contributed by atoms with Gasteiger partial charge in [0, 0.05) is 50.3 Å². The van der Waals surface area contributed by atoms with E-state index < -0.39 is 5.95 Å². The Morgan fingerprint density at radius 3 is 2.64 bits per heavy atom. The van der Waals surface area contributed by atoms with E-state index >= 15 is 0 Å². The highest BCUT2D eigenvalue weighted by molar-refractivity contribution is 5.87. The summed E-state index contributed by atoms with van der Waals surface area (Å²) in [6, 6.07) is 5.31. The molecular weight excluding hydrogens is 283 g/mol. The predicted octanol–water partition coefficient (Wildman–Crippen LogP) is 1.82. The molecule has 0 radical (unpaired) electrons. The van der Waals surface area contributed by atoms with Gasteiger partial charge in [-0.3, -0.25) is 0 Å². The molecule has 0 aromatic carbocycles. The lowest BCUT2D eigenvalue weighted by Gasteiger charge is -2.36. The molecule has 6 nitrogen and oxygen atoms in total. The summed E-state index contributed by atoms with van der Waals surface area (Å²) in [7, 11) is 0. The van der Waals surface area contributed by atoms with Gasteiger partial charge in [-0.1, -0.05) is 0 Å². The van der Waals surface area contributed by atoms with Crippen molar-refractivity contribution in [2.75, 3.05) is 36.0 Å². The van der Waals surface area contributed by atoms with Crippen molar-refractivity contribution in [1.82, 2.24) is 19.9 Å². The second-order valence-corrected chi connectivity index (χ2v) is 5.25. The molecule has 0 atom stereocenters. The minimum Gasteiger partial charge on any atom is -0.368 e. The summed E-state index contributed by atoms with van der Waals surface area (Å²) in [5.74, 6) is 0.511. The first-order chi connectivity index (χ1) is 10.8. The molecule has 1 N–H and O–H groups in total. The SMILES string of the molecule is Fc1cc(N2CCN(c3ncnc4[nH]ccc34)CC2)ccn1. The van der Waals surface area contributed by atoms with Crippen molar-refractivity contribution in [3.05, 3.63) is 42.9 Å². The number of rotatable bonds is 2. The highest BCUT2D eigenvalue weighted by Gasteiger charge is 2.20. The zero-order valence-electron chi connectivity index (χ0n) is 11.9. The van der Waals surface area contributed by atoms with Crippen molar-refractivity contribution in [2.24, 2.45) is 0 Å². The van der Waals surface area contributed by atoms with Gasteiger partial charge in [-0.25, -0.2) is 15.0 Å². The number of fused-ring (bicyclic) bond motifs is 1. The van der Waals surface area contributed by atoms with E-state index in [1.165, 1.54) is 12.3 Å². The average Bonchev–Trinajstić information content (AvgIpc) is 3.04. The van der Waals surface area contributed by atoms with Gasteiger partial charge in [0.1, 0.15) is 17.8 Å². The van der Waals surface area contributed by atoms with Crippen molar-refractivity contribution in [3.63, 3.8) is 0 Å². The lowest BCUT2D eigenvalue weighted by Crippen LogP contribution is -2.47. The van der Waals surface area contributed by atoms with Gasteiger partial charge in [-0.05, 0) is 12.1 Å². The maximum absolute atomic E-state index is 13.2. The van der Waals surface area contributed by atoms with Crippen LogP contribution in [0.5, 0.6) is 0 Å². The molecule has 3 aromatic heterocycles. The molecule has 0 aliphatic carbocycles. The van der Waals surface area contributed by atoms with Crippen LogP contribution in [0.2, 0.25) is 0 Å². The number of nitrogens with zero attached hydrogens (tertiary/aromatic N) is 5. The molecule has 0 unspecified atom stereocenters. The van der Waals surface area contributed by atoms with Crippen LogP contribution in [-0.4, -0.2) is 46.1 Å². The van der Waals surface area contributed by atoms with Crippen LogP contribution >= 0.6 is 0 Å². The van der Waals surface area contributed by atoms with E-state index in [1.807, 2.05) is 18.3 Å². The summed E-state index contributed by atoms with van der Waals surface area (Å²) in [5, 5.41) is 1.03. The van der Waals surface area contributed by atoms with Gasteiger partial charge in [0.15, 0.2) is 0 Å². The molecule has 1 aliphatic heterocycles. The zero-order valence-corrected chi connectivity index (χ0v) is 11.9. The summed E-state index contributed by atoms with van der Waals surface area (Å²) in [6.45, 7) is 3.31. The topological polar surface area (TPSA) is 60.9 Å². The first-order valence-corrected chi connectivity index (χ1v) is 7.21. The van der Waals surface area contributed by atoms with Crippen molar-refractivity contribution < 1.29 is 4.39 Å². The molecule has 1 fully saturated rings. The van der Waals surface area contributed by atoms with E-state index in [9.17, 15) is 4.39 Å². The largest absolute Gasteiger partial charge is 0.368 e. The Labute approximate surface area is 126 Å². The normalized spacial score (nSPS) is 15.5. The number of nitrogens with one attached hydrogen (secondary N) is 1. The molecule has 4 heterocycles. The molecule has 1 saturated heterocycles. The van der Waals surface area contributed by atoms with Gasteiger partial charge in [0.25, 0.3) is 0 Å². The average molecular weight is 298 g/mol. The second-order valence-electron chi connectivity index (χ2n) is 5.25. The Morgan fingerprint density at radius 2 is 1.82 bits per heavy atom. The van der Waals surface area contributed by atoms with Gasteiger partial charge >= 0.3 is 0 Å². The van der Waals surface area contributed by atoms with E-state index in [0.29, 0.717) is 0 Å². The number of pyridine rings is 1. The lowest BCUT2D eigenvalue weighted by molar-refractivity contribution is 0.580. The second kappa shape index (κ2) is 5.25. The fourth-order valence-corrected chi connectivity index (χ4v) is 2.88. The van der Waals surface area contributed by atoms with Crippen molar-refractivity contribution in [2.45, 2.75) is 0 Å². The first kappa shape index (κ1) is 13.0. The van der Waals surface area contributed by atoms with Crippen LogP contribution in [-0.2, 0) is 0 Å². The van der Waals surface area contributed by atoms with Crippen LogP contribution < -0.4 is 9.80 Å². The number of piperazine rings is 1. The first-order valence-electron chi connectivity index (χ1n) is 7.21. The fourth-order valence-electron chi connectivity index (χ4n) is 2.88. The van der Waals surface area contributed by atoms with E-state index in [0.717, 1.165) is 48.7 Å². The van der Waals surface area contributed by atoms with Crippen LogP contribution in [0.4, 0.5) is 15.9 Å². The summed E-state index contributed by atoms with van der Waals surface area (Å²) >= 11 is 0. The zero-order chi connectivity index (χ0) is 14.9. The molecule has 0 saturated carbocycles. The third-order valence-corrected chi connectivity index (χ3v) is 3.99. The number of hydrogen-bond donors (Lipinski definition) is 1. The number of H-pyrrole nitrogens is 1. The van der Waals surface area contributed by atoms with Crippen molar-refractivity contribution in [3.8, 4) is 0 Å². The number of anilines is 2. The number of aromatic amines is 1. The maximum Gasteiger partial charge on any atom is 0.214 e. The minimum absolute atomic E-state index is 0.440. The Balaban J connectivity index is 1.53. The predicted molar refractivity (Wildman–Crippen MR) is 82.5 cm³/mol. The highest BCUT2D eigenvalue weighted by Crippen LogP contribution is 2.24. The number of aromatic nitrogens is 4. The summed E-state index contributed by atoms with van der Waals surface area (Å²) < 4.78 is 13.2. The summed E-state index contributed by atoms with van der Waals surface area (Å²) in [5.41, 5.74) is 1.73. The molecule has 0 spiro atoms. The van der Waals surface area contributed by atoms with Crippen LogP contribution in [0, 0.1) is 5.95 Å². The van der Waals surface area contributed by atoms with E-state index in [4.69, 9.17) is 0 Å². The van der Waals surface area contributed by atoms with E-state index in [1.54, 1.807) is 6.33 Å². The Kier molecular flexibility index (Phi) is 3.10. The molecular formula is C15H15FN6. The summed E-state index contributed by atoms with van der Waals surface area (Å²) in [6.07, 6.45) is 4.96. The fraction of sp³-hybridized carbons (Fsp3) is 0.267. The Morgan fingerprint density at radius 1 is 1.00 bits per heavy atom. The smallest absolute Gasteiger partial charge is 0.214 e. The molecule has 22 heavy (non-hydrogen) atoms. The quantitative estimate of drug-likeness (QED) is 0.731. The Hall–Kier alpha value is -2.70. The summed E-state index contributed by atoms with van der Waals surface area (Å²) in [4.78, 5) is 19.7. The maximum atomic E-state index is 13.2. The molecule has 0 bridgehead atoms. The van der Waals surface area contributed by atoms with E-state index in [-0.39, 0.29) is 0 Å². The molecule has 112 valence electrons. The lowest BCUT2D eigenvalue weighted by atomic mass is 10.2. The van der Waals surface area contributed by atoms with Crippen molar-refractivity contribution in [1.29, 1.82) is 0 Å². The van der Waals surface area contributed by atoms with Gasteiger partial charge < -0.3 is 14.8 Å². The van der Waals surface area contributed by atoms with Crippen LogP contribution in [0.3, 0.4) is 0 Å². The van der Waals surface area contributed by atoms with Gasteiger partial charge in [-0.2, -0.15) is 4.39 Å². The monoisotopic (exact) mass is 298 g/mol. The van der Waals surface area contributed by atoms with Crippen LogP contribution in [0.1, 0.15) is 0 Å². The van der Waals surface area contributed by atoms with Crippen LogP contribution in [0.15, 0.2) is 36.9 Å². The van der Waals surface area contributed by atoms with Gasteiger partial charge in [-0.15, -0.1) is 0 Å². The molecule has 0 amide bonds. The molecule has 1 aliphatic rings. The molecule has 4 rings (SSSR count). The van der Waals surface area contributed by atoms with Gasteiger partial charge in [0.2, 0.25) is 5.95 Å². The third kappa shape index (κ3) is 2.24. The van der Waals surface area contributed by atoms with E-state index in [2.05, 4.69) is 29.7 Å². The minimum atomic E-state index is -0.440. The third-order valence-electron chi connectivity index (χ3n) is 3.99. The van der Waals surface area contributed by atoms with Crippen molar-refractivity contribution >= 4 is 22.5 Å².